The molecule has 0 atom stereocenters. The lowest BCUT2D eigenvalue weighted by Gasteiger charge is -2.35. The molecule has 4 rings (SSSR count). The Labute approximate surface area is 166 Å². The first kappa shape index (κ1) is 18.2. The van der Waals surface area contributed by atoms with Crippen LogP contribution in [0.1, 0.15) is 0 Å². The van der Waals surface area contributed by atoms with Crippen molar-refractivity contribution in [1.82, 2.24) is 29.9 Å². The Hall–Kier alpha value is -3.20. The van der Waals surface area contributed by atoms with Gasteiger partial charge in [0.25, 0.3) is 5.91 Å². The highest BCUT2D eigenvalue weighted by atomic mass is 35.5. The Morgan fingerprint density at radius 2 is 1.71 bits per heavy atom. The van der Waals surface area contributed by atoms with Crippen LogP contribution in [-0.4, -0.2) is 68.6 Å². The molecule has 1 aliphatic heterocycles. The number of carbonyl (C=O) groups is 1. The molecule has 0 unspecified atom stereocenters. The van der Waals surface area contributed by atoms with Crippen LogP contribution >= 0.6 is 11.6 Å². The number of carbonyl (C=O) groups excluding carboxylic acids is 1. The highest BCUT2D eigenvalue weighted by Crippen LogP contribution is 2.16. The Bertz CT molecular complexity index is 908. The first-order chi connectivity index (χ1) is 13.7. The van der Waals surface area contributed by atoms with Crippen molar-refractivity contribution in [2.45, 2.75) is 0 Å². The molecule has 144 valence electrons. The van der Waals surface area contributed by atoms with Gasteiger partial charge in [0.15, 0.2) is 18.2 Å². The number of halogens is 1. The smallest absolute Gasteiger partial charge is 0.260 e. The second-order valence-corrected chi connectivity index (χ2v) is 6.64. The molecule has 1 fully saturated rings. The quantitative estimate of drug-likeness (QED) is 0.641. The Morgan fingerprint density at radius 1 is 1.00 bits per heavy atom. The van der Waals surface area contributed by atoms with Gasteiger partial charge in [-0.3, -0.25) is 4.79 Å². The first-order valence-corrected chi connectivity index (χ1v) is 9.17. The molecule has 0 saturated carbocycles. The van der Waals surface area contributed by atoms with Gasteiger partial charge in [-0.2, -0.15) is 5.10 Å². The number of anilines is 1. The van der Waals surface area contributed by atoms with Crippen molar-refractivity contribution in [2.24, 2.45) is 0 Å². The summed E-state index contributed by atoms with van der Waals surface area (Å²) in [5, 5.41) is 13.1. The third kappa shape index (κ3) is 4.20. The molecule has 1 amide bonds. The van der Waals surface area contributed by atoms with Crippen LogP contribution in [0, 0.1) is 0 Å². The Balaban J connectivity index is 1.28. The average Bonchev–Trinajstić information content (AvgIpc) is 3.28. The lowest BCUT2D eigenvalue weighted by atomic mass is 10.3. The zero-order valence-corrected chi connectivity index (χ0v) is 15.7. The number of hydrogen-bond acceptors (Lipinski definition) is 7. The van der Waals surface area contributed by atoms with Gasteiger partial charge in [0.2, 0.25) is 0 Å². The Kier molecular flexibility index (Phi) is 5.34. The van der Waals surface area contributed by atoms with E-state index >= 15 is 0 Å². The van der Waals surface area contributed by atoms with Crippen LogP contribution in [0.15, 0.2) is 49.1 Å². The van der Waals surface area contributed by atoms with Gasteiger partial charge in [-0.05, 0) is 36.4 Å². The third-order valence-corrected chi connectivity index (χ3v) is 4.67. The van der Waals surface area contributed by atoms with Gasteiger partial charge in [-0.15, -0.1) is 10.2 Å². The highest BCUT2D eigenvalue weighted by molar-refractivity contribution is 6.30. The molecule has 0 spiro atoms. The summed E-state index contributed by atoms with van der Waals surface area (Å²) in [5.74, 6) is 1.96. The van der Waals surface area contributed by atoms with Crippen LogP contribution in [0.4, 0.5) is 5.82 Å². The summed E-state index contributed by atoms with van der Waals surface area (Å²) in [4.78, 5) is 20.2. The molecule has 9 nitrogen and oxygen atoms in total. The molecule has 1 aliphatic rings. The van der Waals surface area contributed by atoms with Crippen molar-refractivity contribution in [3.8, 4) is 11.6 Å². The molecule has 28 heavy (non-hydrogen) atoms. The summed E-state index contributed by atoms with van der Waals surface area (Å²) >= 11 is 5.84. The Morgan fingerprint density at radius 3 is 2.36 bits per heavy atom. The number of rotatable bonds is 5. The van der Waals surface area contributed by atoms with Crippen LogP contribution in [0.5, 0.6) is 5.75 Å². The van der Waals surface area contributed by atoms with Crippen LogP contribution in [0.3, 0.4) is 0 Å². The molecule has 3 aromatic rings. The van der Waals surface area contributed by atoms with E-state index in [2.05, 4.69) is 25.2 Å². The van der Waals surface area contributed by atoms with Crippen molar-refractivity contribution in [3.63, 3.8) is 0 Å². The van der Waals surface area contributed by atoms with Gasteiger partial charge in [0, 0.05) is 31.2 Å². The molecule has 2 aromatic heterocycles. The number of nitrogens with zero attached hydrogens (tertiary/aromatic N) is 7. The minimum absolute atomic E-state index is 0.00798. The molecule has 0 bridgehead atoms. The zero-order chi connectivity index (χ0) is 19.3. The summed E-state index contributed by atoms with van der Waals surface area (Å²) in [6.07, 6.45) is 3.02. The standard InChI is InChI=1S/C18H18ClN7O2/c19-14-1-3-15(4-2-14)28-11-18(27)25-9-7-24(8-10-25)16-5-6-17(23-22-16)26-13-20-12-21-26/h1-6,12-13H,7-11H2. The van der Waals surface area contributed by atoms with Gasteiger partial charge < -0.3 is 14.5 Å². The number of benzene rings is 1. The van der Waals surface area contributed by atoms with E-state index in [0.717, 1.165) is 5.82 Å². The molecular formula is C18H18ClN7O2. The summed E-state index contributed by atoms with van der Waals surface area (Å²) in [7, 11) is 0. The van der Waals surface area contributed by atoms with E-state index in [-0.39, 0.29) is 12.5 Å². The van der Waals surface area contributed by atoms with E-state index in [9.17, 15) is 4.79 Å². The van der Waals surface area contributed by atoms with Gasteiger partial charge in [-0.25, -0.2) is 9.67 Å². The van der Waals surface area contributed by atoms with E-state index in [1.165, 1.54) is 6.33 Å². The first-order valence-electron chi connectivity index (χ1n) is 8.79. The molecule has 0 aliphatic carbocycles. The predicted molar refractivity (Wildman–Crippen MR) is 103 cm³/mol. The lowest BCUT2D eigenvalue weighted by molar-refractivity contribution is -0.133. The molecule has 1 saturated heterocycles. The number of piperazine rings is 1. The molecular weight excluding hydrogens is 382 g/mol. The van der Waals surface area contributed by atoms with Crippen LogP contribution in [0.2, 0.25) is 5.02 Å². The summed E-state index contributed by atoms with van der Waals surface area (Å²) in [6.45, 7) is 2.59. The minimum atomic E-state index is -0.0396. The van der Waals surface area contributed by atoms with Gasteiger partial charge in [-0.1, -0.05) is 11.6 Å². The van der Waals surface area contributed by atoms with Crippen molar-refractivity contribution >= 4 is 23.3 Å². The largest absolute Gasteiger partial charge is 0.484 e. The van der Waals surface area contributed by atoms with E-state index in [4.69, 9.17) is 16.3 Å². The fourth-order valence-electron chi connectivity index (χ4n) is 2.89. The van der Waals surface area contributed by atoms with Crippen molar-refractivity contribution in [2.75, 3.05) is 37.7 Å². The second kappa shape index (κ2) is 8.22. The normalized spacial score (nSPS) is 14.2. The van der Waals surface area contributed by atoms with Gasteiger partial charge >= 0.3 is 0 Å². The maximum atomic E-state index is 12.4. The second-order valence-electron chi connectivity index (χ2n) is 6.20. The summed E-state index contributed by atoms with van der Waals surface area (Å²) in [5.41, 5.74) is 0. The topological polar surface area (TPSA) is 89.3 Å². The fourth-order valence-corrected chi connectivity index (χ4v) is 3.01. The van der Waals surface area contributed by atoms with Crippen LogP contribution < -0.4 is 9.64 Å². The average molecular weight is 400 g/mol. The monoisotopic (exact) mass is 399 g/mol. The number of amides is 1. The van der Waals surface area contributed by atoms with E-state index in [1.54, 1.807) is 40.2 Å². The van der Waals surface area contributed by atoms with E-state index in [0.29, 0.717) is 42.8 Å². The SMILES string of the molecule is O=C(COc1ccc(Cl)cc1)N1CCN(c2ccc(-n3cncn3)nn2)CC1. The molecule has 1 aromatic carbocycles. The number of aromatic nitrogens is 5. The number of ether oxygens (including phenoxy) is 1. The summed E-state index contributed by atoms with van der Waals surface area (Å²) in [6, 6.07) is 10.7. The van der Waals surface area contributed by atoms with Gasteiger partial charge in [0.1, 0.15) is 18.4 Å². The fraction of sp³-hybridized carbons (Fsp3) is 0.278. The summed E-state index contributed by atoms with van der Waals surface area (Å²) < 4.78 is 7.09. The van der Waals surface area contributed by atoms with E-state index in [1.807, 2.05) is 12.1 Å². The molecule has 0 radical (unpaired) electrons. The maximum absolute atomic E-state index is 12.4. The van der Waals surface area contributed by atoms with Crippen LogP contribution in [-0.2, 0) is 4.79 Å². The molecule has 3 heterocycles. The van der Waals surface area contributed by atoms with Crippen molar-refractivity contribution in [3.05, 3.63) is 54.1 Å². The highest BCUT2D eigenvalue weighted by Gasteiger charge is 2.22. The molecule has 10 heteroatoms. The van der Waals surface area contributed by atoms with Gasteiger partial charge in [0.05, 0.1) is 0 Å². The maximum Gasteiger partial charge on any atom is 0.260 e. The van der Waals surface area contributed by atoms with Crippen LogP contribution in [0.25, 0.3) is 5.82 Å². The zero-order valence-electron chi connectivity index (χ0n) is 15.0. The van der Waals surface area contributed by atoms with E-state index < -0.39 is 0 Å². The minimum Gasteiger partial charge on any atom is -0.484 e. The van der Waals surface area contributed by atoms with Crippen molar-refractivity contribution in [1.29, 1.82) is 0 Å². The lowest BCUT2D eigenvalue weighted by Crippen LogP contribution is -2.50. The molecule has 0 N–H and O–H groups in total. The predicted octanol–water partition coefficient (Wildman–Crippen LogP) is 1.44. The number of hydrogen-bond donors (Lipinski definition) is 0. The van der Waals surface area contributed by atoms with Crippen molar-refractivity contribution < 1.29 is 9.53 Å². The third-order valence-electron chi connectivity index (χ3n) is 4.42.